The average Bonchev–Trinajstić information content (AvgIpc) is 2.37. The fourth-order valence-electron chi connectivity index (χ4n) is 1.74. The van der Waals surface area contributed by atoms with E-state index in [2.05, 4.69) is 5.32 Å². The molecule has 2 unspecified atom stereocenters. The number of carbonyl (C=O) groups excluding carboxylic acids is 1. The molecule has 0 radical (unpaired) electrons. The van der Waals surface area contributed by atoms with Crippen LogP contribution in [0.3, 0.4) is 0 Å². The smallest absolute Gasteiger partial charge is 0.328 e. The summed E-state index contributed by atoms with van der Waals surface area (Å²) >= 11 is 0. The van der Waals surface area contributed by atoms with Gasteiger partial charge in [-0.25, -0.2) is 9.18 Å². The van der Waals surface area contributed by atoms with E-state index < -0.39 is 24.0 Å². The zero-order chi connectivity index (χ0) is 15.1. The van der Waals surface area contributed by atoms with E-state index in [1.165, 1.54) is 19.1 Å². The van der Waals surface area contributed by atoms with E-state index in [1.54, 1.807) is 12.1 Å². The van der Waals surface area contributed by atoms with Crippen molar-refractivity contribution >= 4 is 11.9 Å². The summed E-state index contributed by atoms with van der Waals surface area (Å²) < 4.78 is 12.7. The lowest BCUT2D eigenvalue weighted by molar-refractivity contribution is -0.144. The first kappa shape index (κ1) is 16.1. The first-order valence-corrected chi connectivity index (χ1v) is 6.35. The number of hydrogen-bond donors (Lipinski definition) is 3. The van der Waals surface area contributed by atoms with Crippen molar-refractivity contribution in [2.75, 3.05) is 0 Å². The Morgan fingerprint density at radius 3 is 2.40 bits per heavy atom. The van der Waals surface area contributed by atoms with E-state index in [0.29, 0.717) is 12.8 Å². The van der Waals surface area contributed by atoms with Gasteiger partial charge in [0.05, 0.1) is 6.10 Å². The largest absolute Gasteiger partial charge is 0.480 e. The minimum Gasteiger partial charge on any atom is -0.480 e. The molecular formula is C14H18FNO4. The van der Waals surface area contributed by atoms with Gasteiger partial charge in [-0.1, -0.05) is 12.1 Å². The normalized spacial score (nSPS) is 13.6. The highest BCUT2D eigenvalue weighted by atomic mass is 19.1. The Morgan fingerprint density at radius 1 is 1.30 bits per heavy atom. The molecule has 110 valence electrons. The van der Waals surface area contributed by atoms with Crippen molar-refractivity contribution in [1.29, 1.82) is 0 Å². The molecular weight excluding hydrogens is 265 g/mol. The first-order chi connectivity index (χ1) is 9.40. The summed E-state index contributed by atoms with van der Waals surface area (Å²) in [6, 6.07) is 4.69. The van der Waals surface area contributed by atoms with E-state index in [0.717, 1.165) is 5.56 Å². The standard InChI is InChI=1S/C14H18FNO4/c1-9(17)13(14(19)20)16-12(18)4-2-3-10-5-7-11(15)8-6-10/h5-9,13,17H,2-4H2,1H3,(H,16,18)(H,19,20). The molecule has 0 bridgehead atoms. The first-order valence-electron chi connectivity index (χ1n) is 6.35. The molecule has 0 saturated heterocycles. The number of aliphatic carboxylic acids is 1. The summed E-state index contributed by atoms with van der Waals surface area (Å²) in [5.41, 5.74) is 0.907. The third-order valence-electron chi connectivity index (χ3n) is 2.85. The summed E-state index contributed by atoms with van der Waals surface area (Å²) in [5, 5.41) is 20.3. The van der Waals surface area contributed by atoms with Crippen LogP contribution < -0.4 is 5.32 Å². The molecule has 0 aliphatic rings. The van der Waals surface area contributed by atoms with Crippen LogP contribution in [0.4, 0.5) is 4.39 Å². The highest BCUT2D eigenvalue weighted by Gasteiger charge is 2.24. The maximum absolute atomic E-state index is 12.7. The molecule has 0 aromatic heterocycles. The second-order valence-corrected chi connectivity index (χ2v) is 4.60. The quantitative estimate of drug-likeness (QED) is 0.699. The number of aliphatic hydroxyl groups is 1. The van der Waals surface area contributed by atoms with Crippen LogP contribution in [0.2, 0.25) is 0 Å². The molecule has 0 aliphatic heterocycles. The zero-order valence-electron chi connectivity index (χ0n) is 11.2. The van der Waals surface area contributed by atoms with Crippen molar-refractivity contribution in [2.24, 2.45) is 0 Å². The summed E-state index contributed by atoms with van der Waals surface area (Å²) in [5.74, 6) is -2.01. The van der Waals surface area contributed by atoms with Gasteiger partial charge < -0.3 is 15.5 Å². The van der Waals surface area contributed by atoms with Crippen molar-refractivity contribution in [3.05, 3.63) is 35.6 Å². The van der Waals surface area contributed by atoms with Crippen LogP contribution in [-0.4, -0.2) is 34.2 Å². The summed E-state index contributed by atoms with van der Waals surface area (Å²) in [4.78, 5) is 22.4. The van der Waals surface area contributed by atoms with Crippen LogP contribution in [0.1, 0.15) is 25.3 Å². The third-order valence-corrected chi connectivity index (χ3v) is 2.85. The van der Waals surface area contributed by atoms with Crippen LogP contribution in [0, 0.1) is 5.82 Å². The molecule has 1 aromatic rings. The predicted molar refractivity (Wildman–Crippen MR) is 70.6 cm³/mol. The Kier molecular flexibility index (Phi) is 6.11. The molecule has 0 fully saturated rings. The van der Waals surface area contributed by atoms with Crippen molar-refractivity contribution in [3.8, 4) is 0 Å². The molecule has 1 aromatic carbocycles. The lowest BCUT2D eigenvalue weighted by atomic mass is 10.1. The Hall–Kier alpha value is -1.95. The number of carboxylic acids is 1. The van der Waals surface area contributed by atoms with Gasteiger partial charge in [-0.2, -0.15) is 0 Å². The molecule has 6 heteroatoms. The van der Waals surface area contributed by atoms with Gasteiger partial charge in [0.2, 0.25) is 5.91 Å². The van der Waals surface area contributed by atoms with Crippen LogP contribution in [0.15, 0.2) is 24.3 Å². The van der Waals surface area contributed by atoms with E-state index in [9.17, 15) is 19.1 Å². The molecule has 0 saturated carbocycles. The predicted octanol–water partition coefficient (Wildman–Crippen LogP) is 1.10. The van der Waals surface area contributed by atoms with Gasteiger partial charge in [0, 0.05) is 6.42 Å². The van der Waals surface area contributed by atoms with Gasteiger partial charge in [0.15, 0.2) is 6.04 Å². The SMILES string of the molecule is CC(O)C(NC(=O)CCCc1ccc(F)cc1)C(=O)O. The highest BCUT2D eigenvalue weighted by molar-refractivity contribution is 5.83. The molecule has 0 aliphatic carbocycles. The third kappa shape index (κ3) is 5.36. The highest BCUT2D eigenvalue weighted by Crippen LogP contribution is 2.07. The summed E-state index contributed by atoms with van der Waals surface area (Å²) in [7, 11) is 0. The second kappa shape index (κ2) is 7.59. The molecule has 1 rings (SSSR count). The van der Waals surface area contributed by atoms with Crippen molar-refractivity contribution in [3.63, 3.8) is 0 Å². The Labute approximate surface area is 116 Å². The molecule has 1 amide bonds. The lowest BCUT2D eigenvalue weighted by Crippen LogP contribution is -2.47. The monoisotopic (exact) mass is 283 g/mol. The number of benzene rings is 1. The van der Waals surface area contributed by atoms with Gasteiger partial charge >= 0.3 is 5.97 Å². The molecule has 3 N–H and O–H groups in total. The molecule has 20 heavy (non-hydrogen) atoms. The minimum absolute atomic E-state index is 0.147. The fourth-order valence-corrected chi connectivity index (χ4v) is 1.74. The van der Waals surface area contributed by atoms with Crippen LogP contribution in [0.5, 0.6) is 0 Å². The Morgan fingerprint density at radius 2 is 1.90 bits per heavy atom. The van der Waals surface area contributed by atoms with E-state index in [1.807, 2.05) is 0 Å². The second-order valence-electron chi connectivity index (χ2n) is 4.60. The Bertz CT molecular complexity index is 459. The number of rotatable bonds is 7. The summed E-state index contributed by atoms with van der Waals surface area (Å²) in [6.07, 6.45) is 0.103. The molecule has 0 spiro atoms. The fraction of sp³-hybridized carbons (Fsp3) is 0.429. The number of amides is 1. The van der Waals surface area contributed by atoms with Gasteiger partial charge in [-0.3, -0.25) is 4.79 Å². The van der Waals surface area contributed by atoms with E-state index in [-0.39, 0.29) is 12.2 Å². The summed E-state index contributed by atoms with van der Waals surface area (Å²) in [6.45, 7) is 1.30. The van der Waals surface area contributed by atoms with Crippen molar-refractivity contribution < 1.29 is 24.2 Å². The molecule has 2 atom stereocenters. The van der Waals surface area contributed by atoms with E-state index >= 15 is 0 Å². The van der Waals surface area contributed by atoms with E-state index in [4.69, 9.17) is 5.11 Å². The number of aliphatic hydroxyl groups excluding tert-OH is 1. The van der Waals surface area contributed by atoms with Crippen LogP contribution in [0.25, 0.3) is 0 Å². The van der Waals surface area contributed by atoms with Gasteiger partial charge in [0.25, 0.3) is 0 Å². The van der Waals surface area contributed by atoms with Crippen LogP contribution in [-0.2, 0) is 16.0 Å². The average molecular weight is 283 g/mol. The Balaban J connectivity index is 2.36. The van der Waals surface area contributed by atoms with Gasteiger partial charge in [0.1, 0.15) is 5.82 Å². The number of aryl methyl sites for hydroxylation is 1. The number of nitrogens with one attached hydrogen (secondary N) is 1. The molecule has 5 nitrogen and oxygen atoms in total. The lowest BCUT2D eigenvalue weighted by Gasteiger charge is -2.16. The van der Waals surface area contributed by atoms with Crippen LogP contribution >= 0.6 is 0 Å². The number of carboxylic acid groups (broad SMARTS) is 1. The number of hydrogen-bond acceptors (Lipinski definition) is 3. The maximum atomic E-state index is 12.7. The minimum atomic E-state index is -1.30. The maximum Gasteiger partial charge on any atom is 0.328 e. The number of halogens is 1. The van der Waals surface area contributed by atoms with Gasteiger partial charge in [-0.05, 0) is 37.5 Å². The van der Waals surface area contributed by atoms with Gasteiger partial charge in [-0.15, -0.1) is 0 Å². The topological polar surface area (TPSA) is 86.6 Å². The van der Waals surface area contributed by atoms with Crippen molar-refractivity contribution in [2.45, 2.75) is 38.3 Å². The molecule has 0 heterocycles. The number of carbonyl (C=O) groups is 2. The zero-order valence-corrected chi connectivity index (χ0v) is 11.2. The van der Waals surface area contributed by atoms with Crippen molar-refractivity contribution in [1.82, 2.24) is 5.32 Å².